The quantitative estimate of drug-likeness (QED) is 0.833. The molecule has 3 rings (SSSR count). The van der Waals surface area contributed by atoms with Crippen LogP contribution in [-0.2, 0) is 4.74 Å². The van der Waals surface area contributed by atoms with E-state index in [1.54, 1.807) is 0 Å². The predicted octanol–water partition coefficient (Wildman–Crippen LogP) is 2.15. The minimum absolute atomic E-state index is 0.336. The van der Waals surface area contributed by atoms with Crippen LogP contribution >= 0.6 is 0 Å². The normalized spacial score (nSPS) is 38.8. The topological polar surface area (TPSA) is 38.5 Å². The van der Waals surface area contributed by atoms with Crippen LogP contribution in [-0.4, -0.2) is 42.8 Å². The van der Waals surface area contributed by atoms with Gasteiger partial charge in [0.15, 0.2) is 0 Å². The van der Waals surface area contributed by atoms with Crippen molar-refractivity contribution in [1.29, 1.82) is 0 Å². The van der Waals surface area contributed by atoms with E-state index < -0.39 is 0 Å². The average molecular weight is 252 g/mol. The molecule has 3 heteroatoms. The molecule has 1 saturated carbocycles. The minimum atomic E-state index is 0.336. The number of ether oxygens (including phenoxy) is 1. The monoisotopic (exact) mass is 252 g/mol. The molecular weight excluding hydrogens is 224 g/mol. The molecule has 2 heterocycles. The van der Waals surface area contributed by atoms with Crippen LogP contribution in [0.15, 0.2) is 0 Å². The van der Waals surface area contributed by atoms with E-state index in [0.717, 1.165) is 18.5 Å². The molecule has 0 amide bonds. The second kappa shape index (κ2) is 5.89. The summed E-state index contributed by atoms with van der Waals surface area (Å²) in [6.07, 6.45) is 11.9. The molecule has 18 heavy (non-hydrogen) atoms. The van der Waals surface area contributed by atoms with Gasteiger partial charge in [0.25, 0.3) is 0 Å². The van der Waals surface area contributed by atoms with Gasteiger partial charge in [-0.1, -0.05) is 12.8 Å². The molecule has 3 aliphatic rings. The molecule has 2 aliphatic heterocycles. The first kappa shape index (κ1) is 12.9. The summed E-state index contributed by atoms with van der Waals surface area (Å²) in [6.45, 7) is 3.16. The van der Waals surface area contributed by atoms with E-state index in [9.17, 15) is 0 Å². The number of nitrogens with two attached hydrogens (primary N) is 1. The molecule has 0 radical (unpaired) electrons. The third-order valence-corrected chi connectivity index (χ3v) is 5.25. The lowest BCUT2D eigenvalue weighted by atomic mass is 9.96. The zero-order chi connectivity index (χ0) is 12.4. The fraction of sp³-hybridized carbons (Fsp3) is 1.00. The first-order valence-electron chi connectivity index (χ1n) is 7.96. The van der Waals surface area contributed by atoms with Crippen molar-refractivity contribution in [2.75, 3.05) is 19.6 Å². The molecule has 3 atom stereocenters. The highest BCUT2D eigenvalue weighted by atomic mass is 16.5. The molecule has 2 saturated heterocycles. The van der Waals surface area contributed by atoms with Crippen molar-refractivity contribution in [3.05, 3.63) is 0 Å². The van der Waals surface area contributed by atoms with Gasteiger partial charge in [-0.05, 0) is 51.0 Å². The largest absolute Gasteiger partial charge is 0.372 e. The first-order valence-corrected chi connectivity index (χ1v) is 7.96. The fourth-order valence-electron chi connectivity index (χ4n) is 4.30. The molecule has 0 aromatic rings. The number of rotatable bonds is 4. The Balaban J connectivity index is 1.52. The minimum Gasteiger partial charge on any atom is -0.372 e. The summed E-state index contributed by atoms with van der Waals surface area (Å²) < 4.78 is 6.02. The Kier molecular flexibility index (Phi) is 4.22. The van der Waals surface area contributed by atoms with Gasteiger partial charge in [0.2, 0.25) is 0 Å². The van der Waals surface area contributed by atoms with Gasteiger partial charge in [0.1, 0.15) is 0 Å². The van der Waals surface area contributed by atoms with E-state index >= 15 is 0 Å². The lowest BCUT2D eigenvalue weighted by Gasteiger charge is -2.31. The molecule has 0 aromatic heterocycles. The molecule has 1 aliphatic carbocycles. The van der Waals surface area contributed by atoms with Gasteiger partial charge >= 0.3 is 0 Å². The number of nitrogens with zero attached hydrogens (tertiary/aromatic N) is 1. The van der Waals surface area contributed by atoms with Gasteiger partial charge in [-0.15, -0.1) is 0 Å². The van der Waals surface area contributed by atoms with Gasteiger partial charge in [0, 0.05) is 19.1 Å². The summed E-state index contributed by atoms with van der Waals surface area (Å²) in [5.74, 6) is 0.985. The van der Waals surface area contributed by atoms with Crippen LogP contribution in [0.2, 0.25) is 0 Å². The fourth-order valence-corrected chi connectivity index (χ4v) is 4.30. The predicted molar refractivity (Wildman–Crippen MR) is 73.5 cm³/mol. The SMILES string of the molecule is NCC1CCC(CN2CCCC2C2CCCC2)O1. The molecule has 0 bridgehead atoms. The summed E-state index contributed by atoms with van der Waals surface area (Å²) in [6, 6.07) is 0.869. The molecule has 104 valence electrons. The van der Waals surface area contributed by atoms with Crippen LogP contribution in [0.3, 0.4) is 0 Å². The summed E-state index contributed by atoms with van der Waals surface area (Å²) in [4.78, 5) is 2.74. The number of likely N-dealkylation sites (tertiary alicyclic amines) is 1. The maximum atomic E-state index is 6.02. The van der Waals surface area contributed by atoms with E-state index in [4.69, 9.17) is 10.5 Å². The van der Waals surface area contributed by atoms with E-state index in [0.29, 0.717) is 18.8 Å². The lowest BCUT2D eigenvalue weighted by molar-refractivity contribution is 0.0194. The number of hydrogen-bond acceptors (Lipinski definition) is 3. The standard InChI is InChI=1S/C15H28N2O/c16-10-13-7-8-14(18-13)11-17-9-3-6-15(17)12-4-1-2-5-12/h12-15H,1-11,16H2. The third-order valence-electron chi connectivity index (χ3n) is 5.25. The Hall–Kier alpha value is -0.120. The molecule has 2 N–H and O–H groups in total. The first-order chi connectivity index (χ1) is 8.86. The Morgan fingerprint density at radius 3 is 2.44 bits per heavy atom. The zero-order valence-corrected chi connectivity index (χ0v) is 11.5. The summed E-state index contributed by atoms with van der Waals surface area (Å²) in [7, 11) is 0. The molecule has 0 spiro atoms. The molecular formula is C15H28N2O. The third kappa shape index (κ3) is 2.73. The van der Waals surface area contributed by atoms with Crippen LogP contribution < -0.4 is 5.73 Å². The van der Waals surface area contributed by atoms with Crippen molar-refractivity contribution in [3.8, 4) is 0 Å². The maximum Gasteiger partial charge on any atom is 0.0707 e. The van der Waals surface area contributed by atoms with Crippen molar-refractivity contribution < 1.29 is 4.74 Å². The molecule has 3 fully saturated rings. The van der Waals surface area contributed by atoms with Crippen molar-refractivity contribution in [3.63, 3.8) is 0 Å². The molecule has 3 nitrogen and oxygen atoms in total. The molecule has 0 aromatic carbocycles. The van der Waals surface area contributed by atoms with Crippen LogP contribution in [0.1, 0.15) is 51.4 Å². The summed E-state index contributed by atoms with van der Waals surface area (Å²) >= 11 is 0. The van der Waals surface area contributed by atoms with Crippen molar-refractivity contribution in [2.45, 2.75) is 69.6 Å². The summed E-state index contributed by atoms with van der Waals surface area (Å²) in [5.41, 5.74) is 5.69. The van der Waals surface area contributed by atoms with Crippen LogP contribution in [0, 0.1) is 5.92 Å². The van der Waals surface area contributed by atoms with Gasteiger partial charge in [-0.3, -0.25) is 4.90 Å². The smallest absolute Gasteiger partial charge is 0.0707 e. The van der Waals surface area contributed by atoms with Gasteiger partial charge < -0.3 is 10.5 Å². The Morgan fingerprint density at radius 1 is 0.944 bits per heavy atom. The van der Waals surface area contributed by atoms with Gasteiger partial charge in [-0.25, -0.2) is 0 Å². The molecule has 3 unspecified atom stereocenters. The highest BCUT2D eigenvalue weighted by Crippen LogP contribution is 2.36. The Bertz CT molecular complexity index is 265. The number of hydrogen-bond donors (Lipinski definition) is 1. The van der Waals surface area contributed by atoms with Crippen LogP contribution in [0.4, 0.5) is 0 Å². The highest BCUT2D eigenvalue weighted by molar-refractivity contribution is 4.89. The van der Waals surface area contributed by atoms with E-state index in [1.165, 1.54) is 57.9 Å². The van der Waals surface area contributed by atoms with E-state index in [1.807, 2.05) is 0 Å². The lowest BCUT2D eigenvalue weighted by Crippen LogP contribution is -2.40. The van der Waals surface area contributed by atoms with Crippen molar-refractivity contribution in [2.24, 2.45) is 11.7 Å². The van der Waals surface area contributed by atoms with E-state index in [-0.39, 0.29) is 0 Å². The highest BCUT2D eigenvalue weighted by Gasteiger charge is 2.35. The van der Waals surface area contributed by atoms with Crippen molar-refractivity contribution in [1.82, 2.24) is 4.90 Å². The van der Waals surface area contributed by atoms with Crippen LogP contribution in [0.5, 0.6) is 0 Å². The van der Waals surface area contributed by atoms with E-state index in [2.05, 4.69) is 4.90 Å². The zero-order valence-electron chi connectivity index (χ0n) is 11.5. The van der Waals surface area contributed by atoms with Gasteiger partial charge in [-0.2, -0.15) is 0 Å². The average Bonchev–Trinajstić information content (AvgIpc) is 3.09. The van der Waals surface area contributed by atoms with Crippen molar-refractivity contribution >= 4 is 0 Å². The Labute approximate surface area is 111 Å². The van der Waals surface area contributed by atoms with Gasteiger partial charge in [0.05, 0.1) is 12.2 Å². The second-order valence-electron chi connectivity index (χ2n) is 6.44. The summed E-state index contributed by atoms with van der Waals surface area (Å²) in [5, 5.41) is 0. The maximum absolute atomic E-state index is 6.02. The Morgan fingerprint density at radius 2 is 1.72 bits per heavy atom. The van der Waals surface area contributed by atoms with Crippen LogP contribution in [0.25, 0.3) is 0 Å². The second-order valence-corrected chi connectivity index (χ2v) is 6.44.